The first kappa shape index (κ1) is 36.4. The lowest BCUT2D eigenvalue weighted by Crippen LogP contribution is -2.45. The molecular weight excluding hydrogens is 642 g/mol. The summed E-state index contributed by atoms with van der Waals surface area (Å²) in [6, 6.07) is 12.7. The predicted octanol–water partition coefficient (Wildman–Crippen LogP) is 5.33. The van der Waals surface area contributed by atoms with Crippen LogP contribution in [0.1, 0.15) is 59.2 Å². The summed E-state index contributed by atoms with van der Waals surface area (Å²) in [5.74, 6) is 1.60. The fraction of sp³-hybridized carbons (Fsp3) is 0.488. The molecule has 1 amide bonds. The van der Waals surface area contributed by atoms with Crippen LogP contribution in [0, 0.1) is 31.1 Å². The summed E-state index contributed by atoms with van der Waals surface area (Å²) >= 11 is 0. The van der Waals surface area contributed by atoms with Crippen molar-refractivity contribution in [2.24, 2.45) is 13.0 Å². The Morgan fingerprint density at radius 1 is 0.980 bits per heavy atom. The number of pyridine rings is 1. The van der Waals surface area contributed by atoms with Crippen LogP contribution in [-0.2, 0) is 36.1 Å². The van der Waals surface area contributed by atoms with Gasteiger partial charge in [0.2, 0.25) is 0 Å². The summed E-state index contributed by atoms with van der Waals surface area (Å²) in [4.78, 5) is 32.9. The fourth-order valence-electron chi connectivity index (χ4n) is 7.93. The highest BCUT2D eigenvalue weighted by atomic mass is 16.5. The fourth-order valence-corrected chi connectivity index (χ4v) is 7.93. The maximum atomic E-state index is 13.6. The van der Waals surface area contributed by atoms with E-state index in [0.717, 1.165) is 91.3 Å². The van der Waals surface area contributed by atoms with Crippen molar-refractivity contribution in [2.45, 2.75) is 59.2 Å². The van der Waals surface area contributed by atoms with Crippen LogP contribution in [0.15, 0.2) is 53.0 Å². The van der Waals surface area contributed by atoms with Gasteiger partial charge in [-0.15, -0.1) is 0 Å². The van der Waals surface area contributed by atoms with Crippen LogP contribution in [0.3, 0.4) is 0 Å². The number of nitrogens with zero attached hydrogens (tertiary/aromatic N) is 5. The van der Waals surface area contributed by atoms with E-state index < -0.39 is 0 Å². The van der Waals surface area contributed by atoms with Crippen molar-refractivity contribution < 1.29 is 19.0 Å². The topological polar surface area (TPSA) is 100 Å². The van der Waals surface area contributed by atoms with Crippen molar-refractivity contribution in [3.05, 3.63) is 91.9 Å². The molecule has 10 heteroatoms. The highest BCUT2D eigenvalue weighted by Gasteiger charge is 2.32. The molecule has 2 saturated heterocycles. The second kappa shape index (κ2) is 15.9. The number of aromatic nitrogens is 1. The number of piperazine rings is 1. The van der Waals surface area contributed by atoms with Crippen molar-refractivity contribution in [1.29, 1.82) is 5.26 Å². The van der Waals surface area contributed by atoms with E-state index in [1.165, 1.54) is 16.7 Å². The zero-order valence-electron chi connectivity index (χ0n) is 31.0. The van der Waals surface area contributed by atoms with Gasteiger partial charge in [-0.05, 0) is 85.9 Å². The quantitative estimate of drug-likeness (QED) is 0.219. The highest BCUT2D eigenvalue weighted by molar-refractivity contribution is 5.97. The van der Waals surface area contributed by atoms with Gasteiger partial charge in [0.15, 0.2) is 0 Å². The average Bonchev–Trinajstić information content (AvgIpc) is 3.15. The minimum atomic E-state index is -0.163. The largest absolute Gasteiger partial charge is 0.496 e. The summed E-state index contributed by atoms with van der Waals surface area (Å²) in [5, 5.41) is 9.88. The molecule has 2 aromatic carbocycles. The van der Waals surface area contributed by atoms with Crippen LogP contribution < -0.4 is 15.0 Å². The van der Waals surface area contributed by atoms with Crippen LogP contribution in [0.25, 0.3) is 11.1 Å². The van der Waals surface area contributed by atoms with Gasteiger partial charge in [-0.25, -0.2) is 0 Å². The second-order valence-corrected chi connectivity index (χ2v) is 14.2. The minimum absolute atomic E-state index is 0.00981. The number of carbonyl (C=O) groups excluding carboxylic acids is 1. The Bertz CT molecular complexity index is 1870. The van der Waals surface area contributed by atoms with Gasteiger partial charge < -0.3 is 23.7 Å². The van der Waals surface area contributed by atoms with Crippen LogP contribution in [0.2, 0.25) is 0 Å². The average molecular weight is 694 g/mol. The molecule has 0 radical (unpaired) electrons. The van der Waals surface area contributed by atoms with E-state index in [0.29, 0.717) is 26.3 Å². The molecule has 0 saturated carbocycles. The van der Waals surface area contributed by atoms with E-state index in [1.807, 2.05) is 31.0 Å². The number of carbonyl (C=O) groups is 1. The highest BCUT2D eigenvalue weighted by Crippen LogP contribution is 2.38. The molecule has 51 heavy (non-hydrogen) atoms. The number of allylic oxidation sites excluding steroid dienone is 1. The van der Waals surface area contributed by atoms with Gasteiger partial charge in [0.1, 0.15) is 23.1 Å². The maximum absolute atomic E-state index is 13.6. The number of nitriles is 1. The number of hydrogen-bond acceptors (Lipinski definition) is 8. The van der Waals surface area contributed by atoms with Gasteiger partial charge in [-0.2, -0.15) is 5.26 Å². The Kier molecular flexibility index (Phi) is 11.3. The Balaban J connectivity index is 1.11. The van der Waals surface area contributed by atoms with Crippen LogP contribution in [0.4, 0.5) is 0 Å². The molecule has 0 aliphatic carbocycles. The lowest BCUT2D eigenvalue weighted by atomic mass is 9.88. The summed E-state index contributed by atoms with van der Waals surface area (Å²) < 4.78 is 18.9. The molecule has 1 aromatic heterocycles. The summed E-state index contributed by atoms with van der Waals surface area (Å²) in [5.41, 5.74) is 8.75. The van der Waals surface area contributed by atoms with Gasteiger partial charge in [0.25, 0.3) is 11.5 Å². The summed E-state index contributed by atoms with van der Waals surface area (Å²) in [6.07, 6.45) is 6.24. The molecule has 10 nitrogen and oxygen atoms in total. The molecule has 1 unspecified atom stereocenters. The van der Waals surface area contributed by atoms with Crippen molar-refractivity contribution >= 4 is 5.91 Å². The first-order chi connectivity index (χ1) is 24.6. The van der Waals surface area contributed by atoms with Crippen molar-refractivity contribution in [1.82, 2.24) is 19.3 Å². The third kappa shape index (κ3) is 7.62. The van der Waals surface area contributed by atoms with Crippen LogP contribution in [-0.4, -0.2) is 85.3 Å². The number of rotatable bonds is 9. The van der Waals surface area contributed by atoms with Crippen LogP contribution in [0.5, 0.6) is 11.5 Å². The second-order valence-electron chi connectivity index (χ2n) is 14.2. The van der Waals surface area contributed by atoms with Crippen molar-refractivity contribution in [3.63, 3.8) is 0 Å². The zero-order valence-corrected chi connectivity index (χ0v) is 31.0. The Morgan fingerprint density at radius 3 is 2.25 bits per heavy atom. The Hall–Kier alpha value is -4.43. The molecule has 6 rings (SSSR count). The van der Waals surface area contributed by atoms with Gasteiger partial charge in [-0.3, -0.25) is 19.4 Å². The Labute approximate surface area is 301 Å². The molecule has 2 fully saturated rings. The first-order valence-corrected chi connectivity index (χ1v) is 18.1. The third-order valence-electron chi connectivity index (χ3n) is 11.2. The number of benzene rings is 2. The number of hydrogen-bond donors (Lipinski definition) is 0. The van der Waals surface area contributed by atoms with Gasteiger partial charge in [0.05, 0.1) is 25.8 Å². The normalized spacial score (nSPS) is 19.0. The number of aryl methyl sites for hydroxylation is 1. The molecule has 1 atom stereocenters. The van der Waals surface area contributed by atoms with Crippen LogP contribution >= 0.6 is 0 Å². The first-order valence-electron chi connectivity index (χ1n) is 18.1. The number of amides is 1. The van der Waals surface area contributed by atoms with E-state index in [1.54, 1.807) is 25.8 Å². The Morgan fingerprint density at radius 2 is 1.63 bits per heavy atom. The van der Waals surface area contributed by atoms with E-state index in [2.05, 4.69) is 53.1 Å². The molecule has 0 spiro atoms. The van der Waals surface area contributed by atoms with E-state index >= 15 is 0 Å². The van der Waals surface area contributed by atoms with E-state index in [-0.39, 0.29) is 29.0 Å². The minimum Gasteiger partial charge on any atom is -0.496 e. The summed E-state index contributed by atoms with van der Waals surface area (Å²) in [7, 11) is 5.17. The van der Waals surface area contributed by atoms with Gasteiger partial charge in [0, 0.05) is 83.4 Å². The number of ether oxygens (including phenoxy) is 3. The van der Waals surface area contributed by atoms with Crippen molar-refractivity contribution in [2.75, 3.05) is 60.2 Å². The maximum Gasteiger partial charge on any atom is 0.264 e. The monoisotopic (exact) mass is 693 g/mol. The number of methoxy groups -OCH3 is 2. The smallest absolute Gasteiger partial charge is 0.264 e. The molecule has 0 N–H and O–H groups in total. The molecule has 3 aromatic rings. The number of fused-ring (bicyclic) bond motifs is 1. The zero-order chi connectivity index (χ0) is 36.2. The standard InChI is InChI=1S/C41H51N5O5/c1-27-28(2)40(47)43(4)25-36(27)32-21-38(49-5)37(39(22-32)50-6)26-45-16-14-44(15-17-45)24-31-8-7-9-34-29(3)46(13-10-35(31)34)41(48)33(23-42)20-30-11-18-51-19-12-30/h7-9,20-22,25,29-30H,10-19,24,26H2,1-6H3/b33-20+. The van der Waals surface area contributed by atoms with Gasteiger partial charge >= 0.3 is 0 Å². The molecule has 270 valence electrons. The summed E-state index contributed by atoms with van der Waals surface area (Å²) in [6.45, 7) is 13.2. The lowest BCUT2D eigenvalue weighted by molar-refractivity contribution is -0.129. The van der Waals surface area contributed by atoms with E-state index in [9.17, 15) is 14.9 Å². The molecule has 3 aliphatic heterocycles. The molecular formula is C41H51N5O5. The SMILES string of the molecule is COc1cc(-c2cn(C)c(=O)c(C)c2C)cc(OC)c1CN1CCN(Cc2cccc3c2CCN(C(=O)/C(C#N)=C/C2CCOCC2)C3C)CC1. The predicted molar refractivity (Wildman–Crippen MR) is 198 cm³/mol. The molecule has 0 bridgehead atoms. The van der Waals surface area contributed by atoms with Crippen molar-refractivity contribution in [3.8, 4) is 28.7 Å². The molecule has 3 aliphatic rings. The lowest BCUT2D eigenvalue weighted by Gasteiger charge is -2.38. The molecule has 4 heterocycles. The van der Waals surface area contributed by atoms with Gasteiger partial charge in [-0.1, -0.05) is 24.3 Å². The van der Waals surface area contributed by atoms with E-state index in [4.69, 9.17) is 14.2 Å². The third-order valence-corrected chi connectivity index (χ3v) is 11.2.